The Balaban J connectivity index is 2.18. The van der Waals surface area contributed by atoms with Crippen LogP contribution in [0.1, 0.15) is 23.2 Å². The van der Waals surface area contributed by atoms with Crippen molar-refractivity contribution in [1.29, 1.82) is 0 Å². The van der Waals surface area contributed by atoms with Crippen molar-refractivity contribution in [3.8, 4) is 0 Å². The highest BCUT2D eigenvalue weighted by atomic mass is 79.9. The number of carbonyl (C=O) groups is 1. The van der Waals surface area contributed by atoms with Crippen LogP contribution in [0.15, 0.2) is 45.6 Å². The van der Waals surface area contributed by atoms with E-state index < -0.39 is 0 Å². The molecule has 0 unspecified atom stereocenters. The third-order valence-corrected chi connectivity index (χ3v) is 3.20. The van der Waals surface area contributed by atoms with Crippen LogP contribution in [0.3, 0.4) is 0 Å². The molecule has 0 aliphatic carbocycles. The molecule has 0 atom stereocenters. The number of aromatic nitrogens is 1. The Hall–Kier alpha value is -1.62. The molecule has 0 aliphatic heterocycles. The summed E-state index contributed by atoms with van der Waals surface area (Å²) in [7, 11) is 0. The smallest absolute Gasteiger partial charge is 0.274 e. The van der Waals surface area contributed by atoms with Crippen LogP contribution in [0.4, 0.5) is 0 Å². The fraction of sp³-hybridized carbons (Fsp3) is 0.231. The molecule has 4 nitrogen and oxygen atoms in total. The van der Waals surface area contributed by atoms with Gasteiger partial charge < -0.3 is 9.32 Å². The summed E-state index contributed by atoms with van der Waals surface area (Å²) in [6, 6.07) is 7.25. The van der Waals surface area contributed by atoms with Crippen LogP contribution in [-0.4, -0.2) is 22.3 Å². The number of pyridine rings is 1. The maximum Gasteiger partial charge on any atom is 0.274 e. The van der Waals surface area contributed by atoms with E-state index in [4.69, 9.17) is 4.42 Å². The molecule has 0 N–H and O–H groups in total. The lowest BCUT2D eigenvalue weighted by molar-refractivity contribution is 0.0734. The number of hydrogen-bond donors (Lipinski definition) is 0. The Morgan fingerprint density at radius 3 is 2.89 bits per heavy atom. The molecule has 2 aromatic rings. The summed E-state index contributed by atoms with van der Waals surface area (Å²) in [6.07, 6.45) is 3.21. The largest absolute Gasteiger partial charge is 0.467 e. The fourth-order valence-electron chi connectivity index (χ4n) is 1.61. The Bertz CT molecular complexity index is 526. The first-order valence-corrected chi connectivity index (χ1v) is 6.44. The summed E-state index contributed by atoms with van der Waals surface area (Å²) in [5, 5.41) is 0. The second-order valence-electron chi connectivity index (χ2n) is 3.73. The molecule has 0 saturated heterocycles. The molecule has 0 aromatic carbocycles. The second kappa shape index (κ2) is 5.82. The van der Waals surface area contributed by atoms with Crippen LogP contribution < -0.4 is 0 Å². The van der Waals surface area contributed by atoms with Crippen LogP contribution in [0.2, 0.25) is 0 Å². The van der Waals surface area contributed by atoms with Crippen LogP contribution in [-0.2, 0) is 6.54 Å². The monoisotopic (exact) mass is 308 g/mol. The molecule has 0 radical (unpaired) electrons. The molecule has 2 aromatic heterocycles. The van der Waals surface area contributed by atoms with E-state index in [9.17, 15) is 4.79 Å². The van der Waals surface area contributed by atoms with Crippen molar-refractivity contribution >= 4 is 21.8 Å². The summed E-state index contributed by atoms with van der Waals surface area (Å²) < 4.78 is 5.96. The van der Waals surface area contributed by atoms with Gasteiger partial charge in [0.1, 0.15) is 11.5 Å². The van der Waals surface area contributed by atoms with E-state index in [1.165, 1.54) is 0 Å². The molecular weight excluding hydrogens is 296 g/mol. The minimum atomic E-state index is -0.110. The first-order chi connectivity index (χ1) is 8.72. The number of amides is 1. The zero-order chi connectivity index (χ0) is 13.0. The Morgan fingerprint density at radius 2 is 2.28 bits per heavy atom. The van der Waals surface area contributed by atoms with Gasteiger partial charge in [0.15, 0.2) is 0 Å². The van der Waals surface area contributed by atoms with Gasteiger partial charge in [0.25, 0.3) is 5.91 Å². The average Bonchev–Trinajstić information content (AvgIpc) is 2.88. The van der Waals surface area contributed by atoms with Gasteiger partial charge in [-0.25, -0.2) is 4.98 Å². The minimum absolute atomic E-state index is 0.110. The quantitative estimate of drug-likeness (QED) is 0.872. The normalized spacial score (nSPS) is 10.3. The molecule has 0 bridgehead atoms. The maximum atomic E-state index is 12.3. The van der Waals surface area contributed by atoms with E-state index in [-0.39, 0.29) is 5.91 Å². The van der Waals surface area contributed by atoms with Gasteiger partial charge in [-0.1, -0.05) is 0 Å². The molecule has 0 aliphatic rings. The Labute approximate surface area is 114 Å². The topological polar surface area (TPSA) is 46.3 Å². The van der Waals surface area contributed by atoms with E-state index in [2.05, 4.69) is 20.9 Å². The second-order valence-corrected chi connectivity index (χ2v) is 4.59. The maximum absolute atomic E-state index is 12.3. The molecule has 0 saturated carbocycles. The Morgan fingerprint density at radius 1 is 1.44 bits per heavy atom. The van der Waals surface area contributed by atoms with Crippen molar-refractivity contribution < 1.29 is 9.21 Å². The molecule has 18 heavy (non-hydrogen) atoms. The van der Waals surface area contributed by atoms with Gasteiger partial charge in [0.05, 0.1) is 12.8 Å². The highest BCUT2D eigenvalue weighted by molar-refractivity contribution is 9.10. The predicted molar refractivity (Wildman–Crippen MR) is 71.1 cm³/mol. The van der Waals surface area contributed by atoms with Crippen molar-refractivity contribution in [2.24, 2.45) is 0 Å². The van der Waals surface area contributed by atoms with Crippen LogP contribution in [0.25, 0.3) is 0 Å². The van der Waals surface area contributed by atoms with Gasteiger partial charge in [-0.3, -0.25) is 4.79 Å². The summed E-state index contributed by atoms with van der Waals surface area (Å²) in [4.78, 5) is 18.1. The molecular formula is C13H13BrN2O2. The average molecular weight is 309 g/mol. The third-order valence-electron chi connectivity index (χ3n) is 2.56. The van der Waals surface area contributed by atoms with Gasteiger partial charge in [-0.05, 0) is 47.1 Å². The zero-order valence-electron chi connectivity index (χ0n) is 9.97. The van der Waals surface area contributed by atoms with E-state index in [1.54, 1.807) is 29.5 Å². The highest BCUT2D eigenvalue weighted by Gasteiger charge is 2.18. The van der Waals surface area contributed by atoms with Gasteiger partial charge in [0.2, 0.25) is 0 Å². The standard InChI is InChI=1S/C13H13BrN2O2/c1-2-16(9-10-5-4-8-18-10)13(17)12-11(14)6-3-7-15-12/h3-8H,2,9H2,1H3. The molecule has 1 amide bonds. The summed E-state index contributed by atoms with van der Waals surface area (Å²) in [5.41, 5.74) is 0.422. The number of hydrogen-bond acceptors (Lipinski definition) is 3. The van der Waals surface area contributed by atoms with Crippen molar-refractivity contribution in [3.63, 3.8) is 0 Å². The van der Waals surface area contributed by atoms with Crippen LogP contribution >= 0.6 is 15.9 Å². The van der Waals surface area contributed by atoms with Crippen molar-refractivity contribution in [3.05, 3.63) is 52.7 Å². The van der Waals surface area contributed by atoms with Crippen molar-refractivity contribution in [2.45, 2.75) is 13.5 Å². The van der Waals surface area contributed by atoms with E-state index in [0.29, 0.717) is 23.3 Å². The fourth-order valence-corrected chi connectivity index (χ4v) is 2.04. The lowest BCUT2D eigenvalue weighted by Crippen LogP contribution is -2.31. The van der Waals surface area contributed by atoms with E-state index in [0.717, 1.165) is 5.76 Å². The lowest BCUT2D eigenvalue weighted by Gasteiger charge is -2.19. The van der Waals surface area contributed by atoms with Gasteiger partial charge in [-0.15, -0.1) is 0 Å². The molecule has 2 heterocycles. The highest BCUT2D eigenvalue weighted by Crippen LogP contribution is 2.16. The molecule has 0 fully saturated rings. The third kappa shape index (κ3) is 2.79. The summed E-state index contributed by atoms with van der Waals surface area (Å²) in [5.74, 6) is 0.652. The summed E-state index contributed by atoms with van der Waals surface area (Å²) >= 11 is 3.34. The first kappa shape index (κ1) is 12.8. The van der Waals surface area contributed by atoms with Gasteiger partial charge in [-0.2, -0.15) is 0 Å². The number of halogens is 1. The van der Waals surface area contributed by atoms with Crippen molar-refractivity contribution in [2.75, 3.05) is 6.54 Å². The Kier molecular flexibility index (Phi) is 4.15. The molecule has 5 heteroatoms. The van der Waals surface area contributed by atoms with E-state index >= 15 is 0 Å². The number of nitrogens with zero attached hydrogens (tertiary/aromatic N) is 2. The number of carbonyl (C=O) groups excluding carboxylic acids is 1. The summed E-state index contributed by atoms with van der Waals surface area (Å²) in [6.45, 7) is 2.98. The zero-order valence-corrected chi connectivity index (χ0v) is 11.6. The van der Waals surface area contributed by atoms with Crippen molar-refractivity contribution in [1.82, 2.24) is 9.88 Å². The SMILES string of the molecule is CCN(Cc1ccco1)C(=O)c1ncccc1Br. The molecule has 94 valence electrons. The first-order valence-electron chi connectivity index (χ1n) is 5.64. The number of rotatable bonds is 4. The van der Waals surface area contributed by atoms with Crippen LogP contribution in [0, 0.1) is 0 Å². The van der Waals surface area contributed by atoms with E-state index in [1.807, 2.05) is 19.1 Å². The van der Waals surface area contributed by atoms with Gasteiger partial charge >= 0.3 is 0 Å². The minimum Gasteiger partial charge on any atom is -0.467 e. The predicted octanol–water partition coefficient (Wildman–Crippen LogP) is 3.10. The lowest BCUT2D eigenvalue weighted by atomic mass is 10.3. The van der Waals surface area contributed by atoms with Gasteiger partial charge in [0, 0.05) is 17.2 Å². The number of furan rings is 1. The van der Waals surface area contributed by atoms with Crippen LogP contribution in [0.5, 0.6) is 0 Å². The molecule has 2 rings (SSSR count). The molecule has 0 spiro atoms.